The maximum atomic E-state index is 14.9. The number of sulfonamides is 1. The highest BCUT2D eigenvalue weighted by Crippen LogP contribution is 2.33. The van der Waals surface area contributed by atoms with Crippen LogP contribution in [0.15, 0.2) is 28.6 Å². The van der Waals surface area contributed by atoms with Gasteiger partial charge in [0.2, 0.25) is 5.91 Å². The monoisotopic (exact) mass is 529 g/mol. The molecule has 0 bridgehead atoms. The predicted molar refractivity (Wildman–Crippen MR) is 132 cm³/mol. The van der Waals surface area contributed by atoms with E-state index >= 15 is 0 Å². The molecule has 1 amide bonds. The second kappa shape index (κ2) is 10.3. The van der Waals surface area contributed by atoms with E-state index in [9.17, 15) is 17.6 Å². The number of anilines is 2. The van der Waals surface area contributed by atoms with E-state index in [1.807, 2.05) is 19.0 Å². The summed E-state index contributed by atoms with van der Waals surface area (Å²) in [5.41, 5.74) is 0.308. The molecule has 1 aliphatic carbocycles. The molecule has 1 aliphatic heterocycles. The van der Waals surface area contributed by atoms with E-state index in [4.69, 9.17) is 11.6 Å². The first-order valence-corrected chi connectivity index (χ1v) is 14.1. The van der Waals surface area contributed by atoms with E-state index in [2.05, 4.69) is 19.9 Å². The van der Waals surface area contributed by atoms with Crippen LogP contribution in [0.25, 0.3) is 0 Å². The van der Waals surface area contributed by atoms with Crippen LogP contribution in [-0.4, -0.2) is 67.9 Å². The topological polar surface area (TPSA) is 94.6 Å². The summed E-state index contributed by atoms with van der Waals surface area (Å²) in [6.07, 6.45) is 6.92. The van der Waals surface area contributed by atoms with Gasteiger partial charge in [0.1, 0.15) is 10.7 Å². The maximum absolute atomic E-state index is 14.9. The average Bonchev–Trinajstić information content (AvgIpc) is 3.46. The fourth-order valence-electron chi connectivity index (χ4n) is 4.85. The maximum Gasteiger partial charge on any atom is 0.266 e. The first kappa shape index (κ1) is 25.2. The Hall–Kier alpha value is -1.95. The molecule has 0 radical (unpaired) electrons. The molecule has 0 spiro atoms. The highest BCUT2D eigenvalue weighted by atomic mass is 35.5. The molecule has 8 nitrogen and oxygen atoms in total. The quantitative estimate of drug-likeness (QED) is 0.563. The molecule has 34 heavy (non-hydrogen) atoms. The highest BCUT2D eigenvalue weighted by Gasteiger charge is 2.37. The van der Waals surface area contributed by atoms with Crippen LogP contribution in [0.3, 0.4) is 0 Å². The molecule has 2 heterocycles. The molecule has 2 aromatic rings. The van der Waals surface area contributed by atoms with E-state index in [-0.39, 0.29) is 34.2 Å². The van der Waals surface area contributed by atoms with Crippen molar-refractivity contribution in [2.45, 2.75) is 61.5 Å². The van der Waals surface area contributed by atoms with E-state index < -0.39 is 20.7 Å². The Morgan fingerprint density at radius 3 is 2.71 bits per heavy atom. The van der Waals surface area contributed by atoms with Crippen molar-refractivity contribution >= 4 is 49.7 Å². The number of carbonyl (C=O) groups is 1. The van der Waals surface area contributed by atoms with Crippen molar-refractivity contribution in [1.82, 2.24) is 14.8 Å². The smallest absolute Gasteiger partial charge is 0.266 e. The second-order valence-electron chi connectivity index (χ2n) is 8.90. The summed E-state index contributed by atoms with van der Waals surface area (Å²) < 4.78 is 42.5. The lowest BCUT2D eigenvalue weighted by Gasteiger charge is -2.40. The third kappa shape index (κ3) is 5.32. The summed E-state index contributed by atoms with van der Waals surface area (Å²) in [5, 5.41) is 5.14. The van der Waals surface area contributed by atoms with Crippen LogP contribution in [0.4, 0.5) is 15.2 Å². The summed E-state index contributed by atoms with van der Waals surface area (Å²) in [6.45, 7) is 0.915. The van der Waals surface area contributed by atoms with Gasteiger partial charge in [0.15, 0.2) is 5.13 Å². The van der Waals surface area contributed by atoms with Crippen molar-refractivity contribution in [3.05, 3.63) is 34.5 Å². The van der Waals surface area contributed by atoms with Crippen LogP contribution < -0.4 is 10.0 Å². The summed E-state index contributed by atoms with van der Waals surface area (Å²) in [5.74, 6) is -0.814. The van der Waals surface area contributed by atoms with Gasteiger partial charge in [-0.3, -0.25) is 14.4 Å². The summed E-state index contributed by atoms with van der Waals surface area (Å²) in [4.78, 5) is 20.4. The molecule has 1 saturated heterocycles. The average molecular weight is 530 g/mol. The van der Waals surface area contributed by atoms with Gasteiger partial charge >= 0.3 is 0 Å². The largest absolute Gasteiger partial charge is 0.379 e. The molecule has 186 valence electrons. The predicted octanol–water partition coefficient (Wildman–Crippen LogP) is 4.01. The van der Waals surface area contributed by atoms with Crippen LogP contribution in [0.2, 0.25) is 5.02 Å². The minimum Gasteiger partial charge on any atom is -0.379 e. The third-order valence-corrected chi connectivity index (χ3v) is 9.17. The van der Waals surface area contributed by atoms with Crippen LogP contribution in [0.1, 0.15) is 38.5 Å². The van der Waals surface area contributed by atoms with E-state index in [1.54, 1.807) is 5.38 Å². The number of carbonyl (C=O) groups excluding carboxylic acids is 1. The molecule has 1 aromatic carbocycles. The molecule has 4 rings (SSSR count). The van der Waals surface area contributed by atoms with Gasteiger partial charge in [-0.15, -0.1) is 11.3 Å². The molecule has 2 N–H and O–H groups in total. The zero-order chi connectivity index (χ0) is 24.5. The summed E-state index contributed by atoms with van der Waals surface area (Å²) in [7, 11) is -0.375. The number of nitrogens with one attached hydrogen (secondary N) is 2. The number of amides is 1. The molecule has 2 aliphatic rings. The molecule has 1 aromatic heterocycles. The van der Waals surface area contributed by atoms with Gasteiger partial charge in [0, 0.05) is 24.7 Å². The van der Waals surface area contributed by atoms with Gasteiger partial charge in [0.25, 0.3) is 10.0 Å². The third-order valence-electron chi connectivity index (χ3n) is 6.69. The van der Waals surface area contributed by atoms with Crippen LogP contribution in [0, 0.1) is 5.82 Å². The number of aromatic nitrogens is 1. The lowest BCUT2D eigenvalue weighted by molar-refractivity contribution is -0.137. The van der Waals surface area contributed by atoms with Crippen LogP contribution >= 0.6 is 22.9 Å². The number of hydrogen-bond acceptors (Lipinski definition) is 7. The van der Waals surface area contributed by atoms with Crippen molar-refractivity contribution in [2.75, 3.05) is 30.7 Å². The molecule has 1 saturated carbocycles. The Labute approximate surface area is 208 Å². The van der Waals surface area contributed by atoms with Gasteiger partial charge < -0.3 is 10.2 Å². The summed E-state index contributed by atoms with van der Waals surface area (Å²) in [6, 6.07) is 1.92. The first-order chi connectivity index (χ1) is 16.2. The molecular formula is C22H29ClFN5O3S2. The Morgan fingerprint density at radius 2 is 2.03 bits per heavy atom. The number of likely N-dealkylation sites (tertiary alicyclic amines) is 1. The molecule has 2 fully saturated rings. The second-order valence-corrected chi connectivity index (χ2v) is 11.8. The highest BCUT2D eigenvalue weighted by molar-refractivity contribution is 7.93. The number of nitrogens with zero attached hydrogens (tertiary/aromatic N) is 3. The Morgan fingerprint density at radius 1 is 1.26 bits per heavy atom. The first-order valence-electron chi connectivity index (χ1n) is 11.3. The van der Waals surface area contributed by atoms with Crippen LogP contribution in [0.5, 0.6) is 0 Å². The number of benzene rings is 1. The molecule has 0 unspecified atom stereocenters. The van der Waals surface area contributed by atoms with Crippen LogP contribution in [-0.2, 0) is 14.8 Å². The van der Waals surface area contributed by atoms with Gasteiger partial charge in [0.05, 0.1) is 22.8 Å². The zero-order valence-corrected chi connectivity index (χ0v) is 21.5. The summed E-state index contributed by atoms with van der Waals surface area (Å²) >= 11 is 7.49. The fourth-order valence-corrected chi connectivity index (χ4v) is 7.01. The van der Waals surface area contributed by atoms with Gasteiger partial charge in [-0.05, 0) is 51.4 Å². The number of likely N-dealkylation sites (N-methyl/N-ethyl adjacent to an activating group) is 2. The minimum atomic E-state index is -4.18. The number of thiazole rings is 1. The molecule has 3 atom stereocenters. The lowest BCUT2D eigenvalue weighted by atomic mass is 9.88. The van der Waals surface area contributed by atoms with Crippen molar-refractivity contribution in [2.24, 2.45) is 0 Å². The fraction of sp³-hybridized carbons (Fsp3) is 0.545. The van der Waals surface area contributed by atoms with Gasteiger partial charge in [-0.2, -0.15) is 0 Å². The molecular weight excluding hydrogens is 501 g/mol. The van der Waals surface area contributed by atoms with Crippen molar-refractivity contribution in [1.29, 1.82) is 0 Å². The standard InChI is InChI=1S/C22H29ClFN5O3S2/c1-28-10-5-8-19(28)21(30)29(2)18-7-4-3-6-16(18)26-17-13-15(24)20(12-14(17)23)34(31,32)27-22-25-9-11-33-22/h9,11-13,16,18-19,26H,3-8,10H2,1-2H3,(H,25,27)/t16-,18-,19+/m0/s1. The SMILES string of the molecule is CN1CCC[C@@H]1C(=O)N(C)[C@H]1CCCC[C@@H]1Nc1cc(F)c(S(=O)(=O)Nc2nccs2)cc1Cl. The van der Waals surface area contributed by atoms with Gasteiger partial charge in [-0.25, -0.2) is 17.8 Å². The zero-order valence-electron chi connectivity index (χ0n) is 19.1. The Kier molecular flexibility index (Phi) is 7.66. The minimum absolute atomic E-state index is 0.0654. The van der Waals surface area contributed by atoms with Crippen molar-refractivity contribution < 1.29 is 17.6 Å². The number of rotatable bonds is 7. The number of halogens is 2. The Balaban J connectivity index is 1.52. The number of hydrogen-bond donors (Lipinski definition) is 2. The van der Waals surface area contributed by atoms with E-state index in [0.717, 1.165) is 68.5 Å². The van der Waals surface area contributed by atoms with Crippen molar-refractivity contribution in [3.8, 4) is 0 Å². The van der Waals surface area contributed by atoms with Gasteiger partial charge in [-0.1, -0.05) is 24.4 Å². The van der Waals surface area contributed by atoms with E-state index in [0.29, 0.717) is 5.69 Å². The normalized spacial score (nSPS) is 23.6. The Bertz CT molecular complexity index is 1130. The lowest BCUT2D eigenvalue weighted by Crippen LogP contribution is -2.53. The van der Waals surface area contributed by atoms with Crippen molar-refractivity contribution in [3.63, 3.8) is 0 Å². The van der Waals surface area contributed by atoms with E-state index in [1.165, 1.54) is 6.20 Å². The molecule has 12 heteroatoms.